The normalized spacial score (nSPS) is 36.8. The summed E-state index contributed by atoms with van der Waals surface area (Å²) in [7, 11) is 4.99. The van der Waals surface area contributed by atoms with Crippen LogP contribution in [0.4, 0.5) is 0 Å². The SMILES string of the molecule is CO[C@@H]1[C@@H](O[C@@H]2O[C@H](C)[C@@H](OC3CC(C)(O)C(OC(=O)CC(C)C)C(C)O3)[C@H](N(C)C)[C@H]2O)[C@@H](CCNCc2cccnc2)C[C@@H](C)C(=O)C=CC=CC[C@@H](C)OC(=O)C[C@@H]1O. The number of allylic oxidation sites excluding steroid dienone is 3. The summed E-state index contributed by atoms with van der Waals surface area (Å²) in [5.41, 5.74) is -0.498. The molecule has 2 fully saturated rings. The van der Waals surface area contributed by atoms with Crippen LogP contribution in [0.15, 0.2) is 48.8 Å². The lowest BCUT2D eigenvalue weighted by molar-refractivity contribution is -0.344. The van der Waals surface area contributed by atoms with Gasteiger partial charge in [0, 0.05) is 51.2 Å². The van der Waals surface area contributed by atoms with Gasteiger partial charge in [0.2, 0.25) is 0 Å². The van der Waals surface area contributed by atoms with Crippen LogP contribution in [0.5, 0.6) is 0 Å². The van der Waals surface area contributed by atoms with E-state index in [1.807, 2.05) is 39.0 Å². The number of carbonyl (C=O) groups is 3. The van der Waals surface area contributed by atoms with Gasteiger partial charge in [-0.3, -0.25) is 19.4 Å². The maximum absolute atomic E-state index is 13.5. The molecule has 0 spiro atoms. The Labute approximate surface area is 367 Å². The van der Waals surface area contributed by atoms with Gasteiger partial charge in [-0.15, -0.1) is 0 Å². The molecule has 0 bridgehead atoms. The third-order valence-corrected chi connectivity index (χ3v) is 11.8. The van der Waals surface area contributed by atoms with Gasteiger partial charge < -0.3 is 58.7 Å². The molecule has 0 saturated carbocycles. The molecule has 0 radical (unpaired) electrons. The lowest BCUT2D eigenvalue weighted by Gasteiger charge is -2.50. The third-order valence-electron chi connectivity index (χ3n) is 11.8. The molecule has 3 aliphatic rings. The Morgan fingerprint density at radius 2 is 1.79 bits per heavy atom. The first-order chi connectivity index (χ1) is 29.3. The van der Waals surface area contributed by atoms with E-state index >= 15 is 0 Å². The van der Waals surface area contributed by atoms with Gasteiger partial charge in [-0.25, -0.2) is 0 Å². The highest BCUT2D eigenvalue weighted by Gasteiger charge is 2.52. The van der Waals surface area contributed by atoms with Gasteiger partial charge in [0.25, 0.3) is 0 Å². The van der Waals surface area contributed by atoms with Crippen LogP contribution >= 0.6 is 0 Å². The molecule has 62 heavy (non-hydrogen) atoms. The average molecular weight is 876 g/mol. The first kappa shape index (κ1) is 51.5. The minimum atomic E-state index is -1.48. The van der Waals surface area contributed by atoms with Gasteiger partial charge >= 0.3 is 11.9 Å². The minimum absolute atomic E-state index is 0.0219. The summed E-state index contributed by atoms with van der Waals surface area (Å²) < 4.78 is 43.3. The van der Waals surface area contributed by atoms with Gasteiger partial charge in [0.1, 0.15) is 30.0 Å². The summed E-state index contributed by atoms with van der Waals surface area (Å²) in [4.78, 5) is 45.2. The molecular formula is C46H73N3O13. The predicted molar refractivity (Wildman–Crippen MR) is 229 cm³/mol. The van der Waals surface area contributed by atoms with E-state index in [-0.39, 0.29) is 24.5 Å². The van der Waals surface area contributed by atoms with Crippen molar-refractivity contribution >= 4 is 17.7 Å². The first-order valence-electron chi connectivity index (χ1n) is 22.1. The molecule has 15 atom stereocenters. The number of hydrogen-bond donors (Lipinski definition) is 4. The van der Waals surface area contributed by atoms with Crippen molar-refractivity contribution in [3.63, 3.8) is 0 Å². The standard InChI is InChI=1S/C46H73N3O13/c1-27(2)21-36(52)60-44-31(6)58-38(24-46(44,7)55)61-41-30(5)59-45(40(54)39(41)49(8)9)62-42-33(18-20-48-26-32-16-14-19-47-25-32)22-28(3)34(50)17-13-11-12-15-29(4)57-37(53)23-35(51)43(42)56-10/h11-14,16-17,19,25,27-31,33,35,38-45,48,51,54-55H,15,18,20-24,26H2,1-10H3/t28-,29-,30-,31?,33+,35+,38?,39-,40-,41-,42+,43+,44?,45+,46?/m1/s1. The van der Waals surface area contributed by atoms with Crippen LogP contribution < -0.4 is 5.32 Å². The van der Waals surface area contributed by atoms with Gasteiger partial charge in [0.15, 0.2) is 24.5 Å². The number of pyridine rings is 1. The molecule has 4 heterocycles. The number of rotatable bonds is 14. The summed E-state index contributed by atoms with van der Waals surface area (Å²) in [6, 6.07) is 3.09. The van der Waals surface area contributed by atoms with Crippen molar-refractivity contribution in [2.24, 2.45) is 17.8 Å². The van der Waals surface area contributed by atoms with Crippen LogP contribution in [-0.4, -0.2) is 150 Å². The lowest BCUT2D eigenvalue weighted by atomic mass is 9.82. The van der Waals surface area contributed by atoms with Gasteiger partial charge in [-0.2, -0.15) is 0 Å². The number of esters is 2. The molecule has 0 aromatic carbocycles. The van der Waals surface area contributed by atoms with Crippen molar-refractivity contribution < 1.29 is 62.9 Å². The number of carbonyl (C=O) groups excluding carboxylic acids is 3. The minimum Gasteiger partial charge on any atom is -0.462 e. The summed E-state index contributed by atoms with van der Waals surface area (Å²) in [5, 5.41) is 38.9. The van der Waals surface area contributed by atoms with Crippen LogP contribution in [0.3, 0.4) is 0 Å². The molecular weight excluding hydrogens is 803 g/mol. The van der Waals surface area contributed by atoms with Crippen molar-refractivity contribution in [1.82, 2.24) is 15.2 Å². The van der Waals surface area contributed by atoms with Crippen molar-refractivity contribution in [3.05, 3.63) is 54.4 Å². The Hall–Kier alpha value is -3.16. The molecule has 4 unspecified atom stereocenters. The second kappa shape index (κ2) is 24.2. The molecule has 2 saturated heterocycles. The summed E-state index contributed by atoms with van der Waals surface area (Å²) in [6.07, 6.45) is 0.482. The smallest absolute Gasteiger partial charge is 0.308 e. The highest BCUT2D eigenvalue weighted by Crippen LogP contribution is 2.37. The molecule has 1 aromatic heterocycles. The Bertz CT molecular complexity index is 1610. The second-order valence-electron chi connectivity index (χ2n) is 18.1. The number of nitrogens with one attached hydrogen (secondary N) is 1. The predicted octanol–water partition coefficient (Wildman–Crippen LogP) is 3.64. The van der Waals surface area contributed by atoms with E-state index in [0.29, 0.717) is 32.4 Å². The number of hydrogen-bond acceptors (Lipinski definition) is 16. The zero-order valence-electron chi connectivity index (χ0n) is 38.3. The van der Waals surface area contributed by atoms with E-state index < -0.39 is 109 Å². The maximum Gasteiger partial charge on any atom is 0.308 e. The van der Waals surface area contributed by atoms with Gasteiger partial charge in [-0.05, 0) is 90.7 Å². The number of nitrogens with zero attached hydrogens (tertiary/aromatic N) is 2. The molecule has 4 rings (SSSR count). The molecule has 4 N–H and O–H groups in total. The zero-order valence-corrected chi connectivity index (χ0v) is 38.3. The van der Waals surface area contributed by atoms with Crippen LogP contribution in [0.25, 0.3) is 0 Å². The van der Waals surface area contributed by atoms with Gasteiger partial charge in [0.05, 0.1) is 36.9 Å². The Kier molecular flexibility index (Phi) is 20.1. The molecule has 16 heteroatoms. The topological polar surface area (TPSA) is 205 Å². The molecule has 0 amide bonds. The van der Waals surface area contributed by atoms with Crippen molar-refractivity contribution in [2.75, 3.05) is 27.7 Å². The fourth-order valence-corrected chi connectivity index (χ4v) is 8.63. The van der Waals surface area contributed by atoms with E-state index in [0.717, 1.165) is 5.56 Å². The quantitative estimate of drug-likeness (QED) is 0.156. The van der Waals surface area contributed by atoms with Crippen molar-refractivity contribution in [2.45, 2.75) is 173 Å². The van der Waals surface area contributed by atoms with E-state index in [1.165, 1.54) is 13.2 Å². The fourth-order valence-electron chi connectivity index (χ4n) is 8.63. The third kappa shape index (κ3) is 15.0. The first-order valence-corrected chi connectivity index (χ1v) is 22.1. The van der Waals surface area contributed by atoms with Crippen LogP contribution in [-0.2, 0) is 54.1 Å². The number of ketones is 1. The second-order valence-corrected chi connectivity index (χ2v) is 18.1. The van der Waals surface area contributed by atoms with Crippen LogP contribution in [0.1, 0.15) is 92.6 Å². The number of aromatic nitrogens is 1. The number of aliphatic hydroxyl groups is 3. The van der Waals surface area contributed by atoms with Crippen LogP contribution in [0, 0.1) is 17.8 Å². The molecule has 1 aromatic rings. The number of methoxy groups -OCH3 is 1. The number of likely N-dealkylation sites (N-methyl/N-ethyl adjacent to an activating group) is 1. The number of ether oxygens (including phenoxy) is 7. The fraction of sp³-hybridized carbons (Fsp3) is 0.739. The molecule has 0 aliphatic carbocycles. The largest absolute Gasteiger partial charge is 0.462 e. The maximum atomic E-state index is 13.5. The summed E-state index contributed by atoms with van der Waals surface area (Å²) in [6.45, 7) is 13.5. The Balaban J connectivity index is 1.63. The van der Waals surface area contributed by atoms with E-state index in [1.54, 1.807) is 71.2 Å². The molecule has 16 nitrogen and oxygen atoms in total. The van der Waals surface area contributed by atoms with Gasteiger partial charge in [-0.1, -0.05) is 45.1 Å². The Morgan fingerprint density at radius 1 is 1.05 bits per heavy atom. The number of cyclic esters (lactones) is 1. The Morgan fingerprint density at radius 3 is 2.44 bits per heavy atom. The van der Waals surface area contributed by atoms with Crippen molar-refractivity contribution in [3.8, 4) is 0 Å². The van der Waals surface area contributed by atoms with E-state index in [9.17, 15) is 29.7 Å². The average Bonchev–Trinajstić information content (AvgIpc) is 3.18. The molecule has 350 valence electrons. The monoisotopic (exact) mass is 876 g/mol. The highest BCUT2D eigenvalue weighted by atomic mass is 16.7. The molecule has 3 aliphatic heterocycles. The lowest BCUT2D eigenvalue weighted by Crippen LogP contribution is -2.66. The number of aliphatic hydroxyl groups excluding tert-OH is 2. The summed E-state index contributed by atoms with van der Waals surface area (Å²) >= 11 is 0. The van der Waals surface area contributed by atoms with E-state index in [4.69, 9.17) is 33.2 Å². The summed E-state index contributed by atoms with van der Waals surface area (Å²) in [5.74, 6) is -2.01. The zero-order chi connectivity index (χ0) is 45.7. The van der Waals surface area contributed by atoms with E-state index in [2.05, 4.69) is 10.3 Å². The van der Waals surface area contributed by atoms with Crippen molar-refractivity contribution in [1.29, 1.82) is 0 Å². The van der Waals surface area contributed by atoms with Crippen LogP contribution in [0.2, 0.25) is 0 Å². The highest BCUT2D eigenvalue weighted by molar-refractivity contribution is 5.91.